The first-order valence-corrected chi connectivity index (χ1v) is 13.3. The largest absolute Gasteiger partial charge is 0.261 e. The Morgan fingerprint density at radius 3 is 1.08 bits per heavy atom. The summed E-state index contributed by atoms with van der Waals surface area (Å²) in [5, 5.41) is 0. The van der Waals surface area contributed by atoms with E-state index in [0.717, 1.165) is 17.2 Å². The molecule has 3 rings (SSSR count). The molecular weight excluding hydrogens is 478 g/mol. The van der Waals surface area contributed by atoms with E-state index in [1.54, 1.807) is 31.0 Å². The number of aromatic nitrogens is 5. The summed E-state index contributed by atoms with van der Waals surface area (Å²) in [4.78, 5) is 20.7. The molecule has 39 heavy (non-hydrogen) atoms. The normalized spacial score (nSPS) is 9.31. The van der Waals surface area contributed by atoms with Crippen LogP contribution in [0, 0.1) is 0 Å². The summed E-state index contributed by atoms with van der Waals surface area (Å²) >= 11 is 0. The third-order valence-corrected chi connectivity index (χ3v) is 4.00. The SMILES string of the molecule is C.C.C.CC.CC.CC.CC(C)(C)c1ccccn1.CC(C)(C)c1cnccn1.CC(C)(C)c1ncccn1. The lowest BCUT2D eigenvalue weighted by atomic mass is 9.92. The van der Waals surface area contributed by atoms with Gasteiger partial charge in [0, 0.05) is 59.1 Å². The van der Waals surface area contributed by atoms with E-state index in [4.69, 9.17) is 0 Å². The summed E-state index contributed by atoms with van der Waals surface area (Å²) in [5.74, 6) is 0.898. The molecule has 0 atom stereocenters. The molecule has 0 bridgehead atoms. The second kappa shape index (κ2) is 26.9. The van der Waals surface area contributed by atoms with Gasteiger partial charge in [-0.05, 0) is 18.2 Å². The summed E-state index contributed by atoms with van der Waals surface area (Å²) in [6.45, 7) is 31.2. The Hall–Kier alpha value is -2.69. The summed E-state index contributed by atoms with van der Waals surface area (Å²) in [6.07, 6.45) is 10.6. The van der Waals surface area contributed by atoms with Gasteiger partial charge in [-0.3, -0.25) is 15.0 Å². The molecule has 0 saturated carbocycles. The van der Waals surface area contributed by atoms with Gasteiger partial charge < -0.3 is 0 Å². The standard InChI is InChI=1S/C9H13N.2C8H12N2.3C2H6.3CH4/c1-9(2,3)8-6-4-5-7-10-8;1-8(2,3)7-6-9-4-5-10-7;1-8(2,3)7-9-5-4-6-10-7;3*1-2;;;/h4-7H,1-3H3;2*4-6H,1-3H3;3*1-2H3;3*1H4. The molecule has 5 heteroatoms. The van der Waals surface area contributed by atoms with E-state index in [-0.39, 0.29) is 38.5 Å². The van der Waals surface area contributed by atoms with Crippen molar-refractivity contribution in [2.24, 2.45) is 0 Å². The Labute approximate surface area is 245 Å². The smallest absolute Gasteiger partial charge is 0.133 e. The van der Waals surface area contributed by atoms with Crippen LogP contribution in [-0.2, 0) is 16.2 Å². The van der Waals surface area contributed by atoms with E-state index in [9.17, 15) is 0 Å². The molecule has 3 aromatic rings. The maximum atomic E-state index is 4.25. The van der Waals surface area contributed by atoms with Gasteiger partial charge in [-0.1, -0.05) is 132 Å². The topological polar surface area (TPSA) is 64.5 Å². The highest BCUT2D eigenvalue weighted by Crippen LogP contribution is 2.19. The van der Waals surface area contributed by atoms with Crippen molar-refractivity contribution in [3.05, 3.63) is 78.7 Å². The van der Waals surface area contributed by atoms with E-state index in [1.807, 2.05) is 65.9 Å². The van der Waals surface area contributed by atoms with Gasteiger partial charge in [0.1, 0.15) is 5.82 Å². The Morgan fingerprint density at radius 2 is 0.846 bits per heavy atom. The molecule has 0 aromatic carbocycles. The van der Waals surface area contributed by atoms with Crippen LogP contribution in [0.2, 0.25) is 0 Å². The van der Waals surface area contributed by atoms with Gasteiger partial charge in [0.05, 0.1) is 5.69 Å². The minimum absolute atomic E-state index is 0. The lowest BCUT2D eigenvalue weighted by Crippen LogP contribution is -2.14. The van der Waals surface area contributed by atoms with Crippen LogP contribution in [0.25, 0.3) is 0 Å². The summed E-state index contributed by atoms with van der Waals surface area (Å²) in [6, 6.07) is 7.85. The molecule has 0 radical (unpaired) electrons. The highest BCUT2D eigenvalue weighted by Gasteiger charge is 2.15. The van der Waals surface area contributed by atoms with Crippen LogP contribution in [-0.4, -0.2) is 24.9 Å². The van der Waals surface area contributed by atoms with Crippen LogP contribution in [0.5, 0.6) is 0 Å². The van der Waals surface area contributed by atoms with Crippen molar-refractivity contribution in [3.63, 3.8) is 0 Å². The molecule has 3 aromatic heterocycles. The number of hydrogen-bond donors (Lipinski definition) is 0. The molecule has 0 saturated heterocycles. The Bertz CT molecular complexity index is 712. The minimum Gasteiger partial charge on any atom is -0.261 e. The van der Waals surface area contributed by atoms with Gasteiger partial charge in [0.15, 0.2) is 0 Å². The van der Waals surface area contributed by atoms with Crippen molar-refractivity contribution >= 4 is 0 Å². The molecule has 0 aliphatic heterocycles. The van der Waals surface area contributed by atoms with Gasteiger partial charge in [0.2, 0.25) is 0 Å². The van der Waals surface area contributed by atoms with Crippen LogP contribution in [0.1, 0.15) is 143 Å². The minimum atomic E-state index is 0. The van der Waals surface area contributed by atoms with Crippen LogP contribution in [0.4, 0.5) is 0 Å². The zero-order valence-electron chi connectivity index (χ0n) is 26.0. The quantitative estimate of drug-likeness (QED) is 0.281. The summed E-state index contributed by atoms with van der Waals surface area (Å²) in [7, 11) is 0. The van der Waals surface area contributed by atoms with Crippen LogP contribution < -0.4 is 0 Å². The molecule has 228 valence electrons. The maximum Gasteiger partial charge on any atom is 0.133 e. The zero-order chi connectivity index (χ0) is 28.8. The van der Waals surface area contributed by atoms with Gasteiger partial charge >= 0.3 is 0 Å². The Balaban J connectivity index is -0.0000000920. The number of nitrogens with zero attached hydrogens (tertiary/aromatic N) is 5. The number of pyridine rings is 1. The first-order chi connectivity index (χ1) is 16.8. The van der Waals surface area contributed by atoms with Crippen LogP contribution >= 0.6 is 0 Å². The van der Waals surface area contributed by atoms with Crippen LogP contribution in [0.15, 0.2) is 61.4 Å². The van der Waals surface area contributed by atoms with Crippen LogP contribution in [0.3, 0.4) is 0 Å². The van der Waals surface area contributed by atoms with Gasteiger partial charge in [0.25, 0.3) is 0 Å². The van der Waals surface area contributed by atoms with E-state index in [1.165, 1.54) is 0 Å². The molecule has 0 aliphatic rings. The van der Waals surface area contributed by atoms with Crippen molar-refractivity contribution < 1.29 is 0 Å². The molecule has 0 fully saturated rings. The molecule has 0 spiro atoms. The first-order valence-electron chi connectivity index (χ1n) is 13.3. The van der Waals surface area contributed by atoms with E-state index in [0.29, 0.717) is 0 Å². The number of rotatable bonds is 0. The second-order valence-electron chi connectivity index (χ2n) is 10.1. The maximum absolute atomic E-state index is 4.25. The Kier molecular flexibility index (Phi) is 34.0. The predicted octanol–water partition coefficient (Wildman–Crippen LogP) is 10.9. The van der Waals surface area contributed by atoms with Crippen molar-refractivity contribution in [2.75, 3.05) is 0 Å². The highest BCUT2D eigenvalue weighted by molar-refractivity contribution is 5.12. The van der Waals surface area contributed by atoms with Gasteiger partial charge in [-0.2, -0.15) is 0 Å². The first kappa shape index (κ1) is 49.3. The van der Waals surface area contributed by atoms with Crippen molar-refractivity contribution in [1.82, 2.24) is 24.9 Å². The fraction of sp³-hybridized carbons (Fsp3) is 0.618. The highest BCUT2D eigenvalue weighted by atomic mass is 14.9. The lowest BCUT2D eigenvalue weighted by Gasteiger charge is -2.16. The molecule has 0 unspecified atom stereocenters. The molecule has 5 nitrogen and oxygen atoms in total. The van der Waals surface area contributed by atoms with Crippen molar-refractivity contribution in [3.8, 4) is 0 Å². The van der Waals surface area contributed by atoms with Crippen molar-refractivity contribution in [1.29, 1.82) is 0 Å². The van der Waals surface area contributed by atoms with Gasteiger partial charge in [-0.25, -0.2) is 9.97 Å². The fourth-order valence-corrected chi connectivity index (χ4v) is 2.18. The van der Waals surface area contributed by atoms with E-state index in [2.05, 4.69) is 93.3 Å². The molecule has 0 amide bonds. The molecule has 3 heterocycles. The second-order valence-corrected chi connectivity index (χ2v) is 10.1. The summed E-state index contributed by atoms with van der Waals surface area (Å²) in [5.41, 5.74) is 2.56. The average Bonchev–Trinajstić information content (AvgIpc) is 2.89. The Morgan fingerprint density at radius 1 is 0.436 bits per heavy atom. The predicted molar refractivity (Wildman–Crippen MR) is 179 cm³/mol. The molecule has 0 N–H and O–H groups in total. The average molecular weight is 546 g/mol. The molecular formula is C34H67N5. The van der Waals surface area contributed by atoms with E-state index >= 15 is 0 Å². The third kappa shape index (κ3) is 25.4. The lowest BCUT2D eigenvalue weighted by molar-refractivity contribution is 0.545. The third-order valence-electron chi connectivity index (χ3n) is 4.00. The zero-order valence-corrected chi connectivity index (χ0v) is 26.0. The van der Waals surface area contributed by atoms with Gasteiger partial charge in [-0.15, -0.1) is 0 Å². The van der Waals surface area contributed by atoms with Crippen molar-refractivity contribution in [2.45, 2.75) is 142 Å². The fourth-order valence-electron chi connectivity index (χ4n) is 2.18. The summed E-state index contributed by atoms with van der Waals surface area (Å²) < 4.78 is 0. The van der Waals surface area contributed by atoms with E-state index < -0.39 is 0 Å². The monoisotopic (exact) mass is 546 g/mol. The molecule has 0 aliphatic carbocycles. The number of hydrogen-bond acceptors (Lipinski definition) is 5.